The van der Waals surface area contributed by atoms with E-state index >= 15 is 0 Å². The molecule has 1 saturated carbocycles. The number of nitrogens with zero attached hydrogens (tertiary/aromatic N) is 4. The minimum atomic E-state index is -4.64. The van der Waals surface area contributed by atoms with Gasteiger partial charge < -0.3 is 9.80 Å². The van der Waals surface area contributed by atoms with E-state index in [1.165, 1.54) is 4.90 Å². The Morgan fingerprint density at radius 1 is 1.13 bits per heavy atom. The highest BCUT2D eigenvalue weighted by Crippen LogP contribution is 2.43. The summed E-state index contributed by atoms with van der Waals surface area (Å²) < 4.78 is 41.7. The van der Waals surface area contributed by atoms with Crippen LogP contribution >= 0.6 is 11.6 Å². The molecular weight excluding hydrogens is 433 g/mol. The van der Waals surface area contributed by atoms with Crippen molar-refractivity contribution < 1.29 is 22.8 Å². The number of pyridine rings is 1. The fourth-order valence-electron chi connectivity index (χ4n) is 4.38. The molecule has 6 nitrogen and oxygen atoms in total. The summed E-state index contributed by atoms with van der Waals surface area (Å²) in [4.78, 5) is 28.7. The first kappa shape index (κ1) is 20.4. The SMILES string of the molecule is O=C(c1nn2c(C(F)(F)F)cc(C3CC3)cc2c1Cl)N1CCN(C2CC=CC2)C(=O)C1. The minimum absolute atomic E-state index is 0.0590. The van der Waals surface area contributed by atoms with Crippen molar-refractivity contribution in [3.63, 3.8) is 0 Å². The summed E-state index contributed by atoms with van der Waals surface area (Å²) in [6.45, 7) is 0.519. The largest absolute Gasteiger partial charge is 0.433 e. The molecule has 2 aliphatic carbocycles. The van der Waals surface area contributed by atoms with Crippen LogP contribution in [-0.4, -0.2) is 56.9 Å². The molecule has 2 aromatic heterocycles. The van der Waals surface area contributed by atoms with Crippen LogP contribution < -0.4 is 0 Å². The molecule has 10 heteroatoms. The third-order valence-electron chi connectivity index (χ3n) is 6.21. The van der Waals surface area contributed by atoms with Crippen LogP contribution in [0.2, 0.25) is 5.02 Å². The maximum atomic E-state index is 13.7. The maximum absolute atomic E-state index is 13.7. The van der Waals surface area contributed by atoms with Gasteiger partial charge in [0.15, 0.2) is 5.69 Å². The van der Waals surface area contributed by atoms with Crippen molar-refractivity contribution in [2.45, 2.75) is 43.8 Å². The van der Waals surface area contributed by atoms with Crippen molar-refractivity contribution in [1.29, 1.82) is 0 Å². The van der Waals surface area contributed by atoms with E-state index in [1.807, 2.05) is 12.2 Å². The minimum Gasteiger partial charge on any atom is -0.336 e. The average molecular weight is 453 g/mol. The molecule has 0 radical (unpaired) electrons. The van der Waals surface area contributed by atoms with Gasteiger partial charge in [-0.05, 0) is 49.3 Å². The number of hydrogen-bond donors (Lipinski definition) is 0. The second kappa shape index (κ2) is 7.25. The lowest BCUT2D eigenvalue weighted by molar-refractivity contribution is -0.142. The highest BCUT2D eigenvalue weighted by Gasteiger charge is 2.39. The number of hydrogen-bond acceptors (Lipinski definition) is 3. The first-order chi connectivity index (χ1) is 14.7. The van der Waals surface area contributed by atoms with E-state index in [9.17, 15) is 22.8 Å². The number of carbonyl (C=O) groups excluding carboxylic acids is 2. The molecule has 0 N–H and O–H groups in total. The average Bonchev–Trinajstić information content (AvgIpc) is 3.33. The fraction of sp³-hybridized carbons (Fsp3) is 0.476. The number of alkyl halides is 3. The van der Waals surface area contributed by atoms with Crippen molar-refractivity contribution in [2.75, 3.05) is 19.6 Å². The van der Waals surface area contributed by atoms with Gasteiger partial charge in [0.05, 0.1) is 10.5 Å². The maximum Gasteiger partial charge on any atom is 0.433 e. The topological polar surface area (TPSA) is 57.9 Å². The predicted molar refractivity (Wildman–Crippen MR) is 107 cm³/mol. The summed E-state index contributed by atoms with van der Waals surface area (Å²) in [5.74, 6) is -0.737. The molecule has 164 valence electrons. The van der Waals surface area contributed by atoms with Crippen molar-refractivity contribution in [3.05, 3.63) is 46.3 Å². The smallest absolute Gasteiger partial charge is 0.336 e. The van der Waals surface area contributed by atoms with Crippen LogP contribution in [0.5, 0.6) is 0 Å². The molecule has 0 atom stereocenters. The number of aromatic nitrogens is 2. The van der Waals surface area contributed by atoms with E-state index < -0.39 is 17.8 Å². The predicted octanol–water partition coefficient (Wildman–Crippen LogP) is 3.89. The summed E-state index contributed by atoms with van der Waals surface area (Å²) in [6.07, 6.45) is 2.65. The molecule has 0 aromatic carbocycles. The summed E-state index contributed by atoms with van der Waals surface area (Å²) in [5, 5.41) is 3.82. The summed E-state index contributed by atoms with van der Waals surface area (Å²) in [6, 6.07) is 2.77. The van der Waals surface area contributed by atoms with Crippen LogP contribution in [0.4, 0.5) is 13.2 Å². The zero-order chi connectivity index (χ0) is 21.9. The van der Waals surface area contributed by atoms with Gasteiger partial charge in [-0.15, -0.1) is 0 Å². The highest BCUT2D eigenvalue weighted by atomic mass is 35.5. The van der Waals surface area contributed by atoms with Crippen LogP contribution in [0.3, 0.4) is 0 Å². The lowest BCUT2D eigenvalue weighted by Crippen LogP contribution is -2.55. The Morgan fingerprint density at radius 3 is 2.45 bits per heavy atom. The summed E-state index contributed by atoms with van der Waals surface area (Å²) in [7, 11) is 0. The van der Waals surface area contributed by atoms with Gasteiger partial charge in [0.1, 0.15) is 12.2 Å². The standard InChI is InChI=1S/C21H20ClF3N4O2/c22-18-15-9-13(12-5-6-12)10-16(21(23,24)25)29(15)26-19(18)20(31)27-7-8-28(17(30)11-27)14-3-1-2-4-14/h1-2,9-10,12,14H,3-8,11H2. The van der Waals surface area contributed by atoms with Crippen LogP contribution in [0.15, 0.2) is 24.3 Å². The normalized spacial score (nSPS) is 20.3. The van der Waals surface area contributed by atoms with E-state index in [0.717, 1.165) is 31.7 Å². The fourth-order valence-corrected chi connectivity index (χ4v) is 4.64. The Morgan fingerprint density at radius 2 is 1.84 bits per heavy atom. The zero-order valence-corrected chi connectivity index (χ0v) is 17.3. The van der Waals surface area contributed by atoms with Crippen molar-refractivity contribution in [2.24, 2.45) is 0 Å². The summed E-state index contributed by atoms with van der Waals surface area (Å²) >= 11 is 6.36. The second-order valence-electron chi connectivity index (χ2n) is 8.32. The van der Waals surface area contributed by atoms with Gasteiger partial charge in [0, 0.05) is 19.1 Å². The van der Waals surface area contributed by atoms with Crippen LogP contribution in [-0.2, 0) is 11.0 Å². The molecule has 3 heterocycles. The van der Waals surface area contributed by atoms with Gasteiger partial charge in [-0.2, -0.15) is 18.3 Å². The number of fused-ring (bicyclic) bond motifs is 1. The Bertz CT molecular complexity index is 1100. The first-order valence-corrected chi connectivity index (χ1v) is 10.6. The van der Waals surface area contributed by atoms with Gasteiger partial charge in [-0.3, -0.25) is 9.59 Å². The number of carbonyl (C=O) groups is 2. The Balaban J connectivity index is 1.45. The van der Waals surface area contributed by atoms with Crippen LogP contribution in [0.25, 0.3) is 5.52 Å². The summed E-state index contributed by atoms with van der Waals surface area (Å²) in [5.41, 5.74) is -0.607. The third-order valence-corrected chi connectivity index (χ3v) is 6.58. The molecule has 2 fully saturated rings. The third kappa shape index (κ3) is 3.58. The molecular formula is C21H20ClF3N4O2. The molecule has 2 amide bonds. The number of amides is 2. The molecule has 3 aliphatic rings. The van der Waals surface area contributed by atoms with Gasteiger partial charge >= 0.3 is 6.18 Å². The van der Waals surface area contributed by atoms with Gasteiger partial charge in [-0.25, -0.2) is 4.52 Å². The lowest BCUT2D eigenvalue weighted by atomic mass is 10.1. The van der Waals surface area contributed by atoms with Crippen molar-refractivity contribution in [3.8, 4) is 0 Å². The van der Waals surface area contributed by atoms with E-state index in [1.54, 1.807) is 11.0 Å². The zero-order valence-electron chi connectivity index (χ0n) is 16.5. The van der Waals surface area contributed by atoms with Gasteiger partial charge in [-0.1, -0.05) is 23.8 Å². The number of rotatable bonds is 3. The Labute approximate surface area is 181 Å². The Kier molecular flexibility index (Phi) is 4.76. The number of piperazine rings is 1. The van der Waals surface area contributed by atoms with Crippen molar-refractivity contribution >= 4 is 28.9 Å². The molecule has 0 bridgehead atoms. The lowest BCUT2D eigenvalue weighted by Gasteiger charge is -2.37. The molecule has 1 saturated heterocycles. The second-order valence-corrected chi connectivity index (χ2v) is 8.69. The van der Waals surface area contributed by atoms with E-state index in [-0.39, 0.29) is 47.2 Å². The van der Waals surface area contributed by atoms with E-state index in [4.69, 9.17) is 11.6 Å². The van der Waals surface area contributed by atoms with Crippen LogP contribution in [0, 0.1) is 0 Å². The molecule has 2 aromatic rings. The molecule has 31 heavy (non-hydrogen) atoms. The van der Waals surface area contributed by atoms with Crippen LogP contribution in [0.1, 0.15) is 53.3 Å². The monoisotopic (exact) mass is 452 g/mol. The quantitative estimate of drug-likeness (QED) is 0.664. The van der Waals surface area contributed by atoms with Crippen molar-refractivity contribution in [1.82, 2.24) is 19.4 Å². The molecule has 0 unspecified atom stereocenters. The van der Waals surface area contributed by atoms with E-state index in [2.05, 4.69) is 5.10 Å². The molecule has 5 rings (SSSR count). The first-order valence-electron chi connectivity index (χ1n) is 10.3. The molecule has 1 aliphatic heterocycles. The highest BCUT2D eigenvalue weighted by molar-refractivity contribution is 6.36. The Hall–Kier alpha value is -2.55. The molecule has 0 spiro atoms. The van der Waals surface area contributed by atoms with Gasteiger partial charge in [0.25, 0.3) is 5.91 Å². The number of halogens is 4. The van der Waals surface area contributed by atoms with E-state index in [0.29, 0.717) is 16.6 Å². The van der Waals surface area contributed by atoms with Gasteiger partial charge in [0.2, 0.25) is 5.91 Å².